The van der Waals surface area contributed by atoms with E-state index in [9.17, 15) is 9.59 Å². The molecule has 0 radical (unpaired) electrons. The summed E-state index contributed by atoms with van der Waals surface area (Å²) in [7, 11) is 0. The van der Waals surface area contributed by atoms with Crippen LogP contribution in [0.15, 0.2) is 0 Å². The second kappa shape index (κ2) is 5.04. The number of rotatable bonds is 3. The lowest BCUT2D eigenvalue weighted by molar-refractivity contribution is -0.139. The number of amides is 1. The van der Waals surface area contributed by atoms with E-state index in [0.717, 1.165) is 0 Å². The van der Waals surface area contributed by atoms with Crippen molar-refractivity contribution in [1.29, 1.82) is 0 Å². The molecule has 2 atom stereocenters. The van der Waals surface area contributed by atoms with E-state index in [1.165, 1.54) is 6.92 Å². The fourth-order valence-electron chi connectivity index (χ4n) is 2.24. The van der Waals surface area contributed by atoms with Gasteiger partial charge in [0, 0.05) is 19.5 Å². The number of aliphatic carboxylic acids is 1. The number of carbonyl (C=O) groups excluding carboxylic acids is 1. The Morgan fingerprint density at radius 2 is 2.00 bits per heavy atom. The molecule has 17 heavy (non-hydrogen) atoms. The third kappa shape index (κ3) is 4.34. The van der Waals surface area contributed by atoms with E-state index in [1.54, 1.807) is 4.90 Å². The topological polar surface area (TPSA) is 66.8 Å². The summed E-state index contributed by atoms with van der Waals surface area (Å²) in [5.74, 6) is -0.964. The van der Waals surface area contributed by atoms with Gasteiger partial charge in [-0.25, -0.2) is 0 Å². The van der Waals surface area contributed by atoms with Crippen LogP contribution in [-0.2, 0) is 14.3 Å². The molecule has 0 aliphatic carbocycles. The highest BCUT2D eigenvalue weighted by Crippen LogP contribution is 2.26. The Balaban J connectivity index is 2.65. The number of hydrogen-bond acceptors (Lipinski definition) is 3. The minimum Gasteiger partial charge on any atom is -0.481 e. The van der Waals surface area contributed by atoms with Crippen molar-refractivity contribution in [3.05, 3.63) is 0 Å². The molecule has 5 nitrogen and oxygen atoms in total. The van der Waals surface area contributed by atoms with Crippen molar-refractivity contribution in [3.8, 4) is 0 Å². The minimum absolute atomic E-state index is 0.0103. The molecule has 0 aromatic carbocycles. The Labute approximate surface area is 102 Å². The zero-order chi connectivity index (χ0) is 13.2. The van der Waals surface area contributed by atoms with E-state index in [4.69, 9.17) is 9.84 Å². The molecular weight excluding hydrogens is 222 g/mol. The monoisotopic (exact) mass is 243 g/mol. The summed E-state index contributed by atoms with van der Waals surface area (Å²) in [5, 5.41) is 8.81. The standard InChI is InChI=1S/C12H21NO4/c1-8(14)13-7-10(17-12(2,3)4)5-9(13)6-11(15)16/h9-10H,5-7H2,1-4H3,(H,15,16)/t9-,10+/m0/s1. The molecule has 0 aromatic rings. The van der Waals surface area contributed by atoms with Crippen LogP contribution in [0.3, 0.4) is 0 Å². The fourth-order valence-corrected chi connectivity index (χ4v) is 2.24. The van der Waals surface area contributed by atoms with Gasteiger partial charge in [0.2, 0.25) is 5.91 Å². The lowest BCUT2D eigenvalue weighted by Gasteiger charge is -2.24. The zero-order valence-corrected chi connectivity index (χ0v) is 10.9. The van der Waals surface area contributed by atoms with Gasteiger partial charge in [0.05, 0.1) is 18.1 Å². The Bertz CT molecular complexity index is 308. The normalized spacial score (nSPS) is 25.1. The highest BCUT2D eigenvalue weighted by atomic mass is 16.5. The molecule has 1 N–H and O–H groups in total. The zero-order valence-electron chi connectivity index (χ0n) is 10.9. The first-order valence-electron chi connectivity index (χ1n) is 5.86. The molecule has 0 spiro atoms. The number of ether oxygens (including phenoxy) is 1. The first kappa shape index (κ1) is 14.0. The van der Waals surface area contributed by atoms with Crippen molar-refractivity contribution in [3.63, 3.8) is 0 Å². The number of likely N-dealkylation sites (tertiary alicyclic amines) is 1. The largest absolute Gasteiger partial charge is 0.481 e. The molecule has 1 heterocycles. The van der Waals surface area contributed by atoms with Crippen molar-refractivity contribution < 1.29 is 19.4 Å². The van der Waals surface area contributed by atoms with Gasteiger partial charge in [0.1, 0.15) is 0 Å². The fraction of sp³-hybridized carbons (Fsp3) is 0.833. The first-order chi connectivity index (χ1) is 7.69. The third-order valence-electron chi connectivity index (χ3n) is 2.71. The van der Waals surface area contributed by atoms with Crippen LogP contribution in [0.1, 0.15) is 40.5 Å². The summed E-state index contributed by atoms with van der Waals surface area (Å²) in [4.78, 5) is 23.8. The molecule has 0 aromatic heterocycles. The van der Waals surface area contributed by atoms with Gasteiger partial charge in [0.25, 0.3) is 0 Å². The van der Waals surface area contributed by atoms with Crippen LogP contribution in [0, 0.1) is 0 Å². The molecule has 0 bridgehead atoms. The van der Waals surface area contributed by atoms with Crippen LogP contribution in [-0.4, -0.2) is 46.2 Å². The molecule has 5 heteroatoms. The Kier molecular flexibility index (Phi) is 4.14. The van der Waals surface area contributed by atoms with Gasteiger partial charge >= 0.3 is 5.97 Å². The third-order valence-corrected chi connectivity index (χ3v) is 2.71. The smallest absolute Gasteiger partial charge is 0.305 e. The van der Waals surface area contributed by atoms with E-state index >= 15 is 0 Å². The Morgan fingerprint density at radius 1 is 1.41 bits per heavy atom. The highest BCUT2D eigenvalue weighted by molar-refractivity contribution is 5.75. The van der Waals surface area contributed by atoms with E-state index < -0.39 is 5.97 Å². The molecule has 98 valence electrons. The van der Waals surface area contributed by atoms with Gasteiger partial charge in [0.15, 0.2) is 0 Å². The van der Waals surface area contributed by atoms with Crippen molar-refractivity contribution in [2.24, 2.45) is 0 Å². The van der Waals surface area contributed by atoms with Gasteiger partial charge in [-0.05, 0) is 27.2 Å². The summed E-state index contributed by atoms with van der Waals surface area (Å²) in [6.45, 7) is 7.82. The molecule has 1 amide bonds. The van der Waals surface area contributed by atoms with Crippen molar-refractivity contribution in [1.82, 2.24) is 4.90 Å². The van der Waals surface area contributed by atoms with Crippen molar-refractivity contribution >= 4 is 11.9 Å². The maximum Gasteiger partial charge on any atom is 0.305 e. The van der Waals surface area contributed by atoms with Gasteiger partial charge < -0.3 is 14.7 Å². The van der Waals surface area contributed by atoms with Gasteiger partial charge in [-0.3, -0.25) is 9.59 Å². The highest BCUT2D eigenvalue weighted by Gasteiger charge is 2.37. The second-order valence-electron chi connectivity index (χ2n) is 5.51. The van der Waals surface area contributed by atoms with Crippen LogP contribution in [0.2, 0.25) is 0 Å². The number of nitrogens with zero attached hydrogens (tertiary/aromatic N) is 1. The second-order valence-corrected chi connectivity index (χ2v) is 5.51. The Hall–Kier alpha value is -1.10. The lowest BCUT2D eigenvalue weighted by atomic mass is 10.1. The summed E-state index contributed by atoms with van der Waals surface area (Å²) >= 11 is 0. The Morgan fingerprint density at radius 3 is 2.41 bits per heavy atom. The summed E-state index contributed by atoms with van der Waals surface area (Å²) < 4.78 is 5.80. The predicted octanol–water partition coefficient (Wildman–Crippen LogP) is 1.27. The SMILES string of the molecule is CC(=O)N1C[C@H](OC(C)(C)C)C[C@H]1CC(=O)O. The first-order valence-corrected chi connectivity index (χ1v) is 5.86. The van der Waals surface area contributed by atoms with E-state index in [1.807, 2.05) is 20.8 Å². The molecule has 1 aliphatic heterocycles. The summed E-state index contributed by atoms with van der Waals surface area (Å²) in [6.07, 6.45) is 0.524. The van der Waals surface area contributed by atoms with Crippen molar-refractivity contribution in [2.45, 2.75) is 58.3 Å². The van der Waals surface area contributed by atoms with E-state index in [0.29, 0.717) is 13.0 Å². The van der Waals surface area contributed by atoms with Crippen LogP contribution >= 0.6 is 0 Å². The quantitative estimate of drug-likeness (QED) is 0.810. The van der Waals surface area contributed by atoms with Crippen LogP contribution in [0.5, 0.6) is 0 Å². The van der Waals surface area contributed by atoms with E-state index in [2.05, 4.69) is 0 Å². The average molecular weight is 243 g/mol. The van der Waals surface area contributed by atoms with Crippen LogP contribution < -0.4 is 0 Å². The van der Waals surface area contributed by atoms with Gasteiger partial charge in [-0.15, -0.1) is 0 Å². The van der Waals surface area contributed by atoms with Gasteiger partial charge in [-0.1, -0.05) is 0 Å². The summed E-state index contributed by atoms with van der Waals surface area (Å²) in [6, 6.07) is -0.239. The molecule has 1 aliphatic rings. The van der Waals surface area contributed by atoms with E-state index in [-0.39, 0.29) is 30.1 Å². The number of carboxylic acid groups (broad SMARTS) is 1. The molecule has 1 saturated heterocycles. The lowest BCUT2D eigenvalue weighted by Crippen LogP contribution is -2.36. The molecular formula is C12H21NO4. The average Bonchev–Trinajstić information content (AvgIpc) is 2.43. The minimum atomic E-state index is -0.877. The summed E-state index contributed by atoms with van der Waals surface area (Å²) in [5.41, 5.74) is -0.273. The number of hydrogen-bond donors (Lipinski definition) is 1. The number of carbonyl (C=O) groups is 2. The maximum absolute atomic E-state index is 11.4. The molecule has 0 unspecified atom stereocenters. The molecule has 0 saturated carbocycles. The van der Waals surface area contributed by atoms with Crippen LogP contribution in [0.25, 0.3) is 0 Å². The number of carboxylic acids is 1. The van der Waals surface area contributed by atoms with Gasteiger partial charge in [-0.2, -0.15) is 0 Å². The predicted molar refractivity (Wildman–Crippen MR) is 62.7 cm³/mol. The maximum atomic E-state index is 11.4. The molecule has 1 fully saturated rings. The van der Waals surface area contributed by atoms with Crippen LogP contribution in [0.4, 0.5) is 0 Å². The van der Waals surface area contributed by atoms with Crippen molar-refractivity contribution in [2.75, 3.05) is 6.54 Å². The molecule has 1 rings (SSSR count).